The lowest BCUT2D eigenvalue weighted by atomic mass is 10.2. The van der Waals surface area contributed by atoms with E-state index in [0.29, 0.717) is 28.6 Å². The molecule has 0 bridgehead atoms. The standard InChI is InChI=1S/C17H18BrNO4S2/c1-23-13-7-6-11(9-12(13)18)10-14-16(22)19(17(24)25-14)8-4-2-3-5-15(20)21/h6-7,9-10H,2-5,8H2,1H3,(H,20,21)/p-1/b14-10+. The fraction of sp³-hybridized carbons (Fsp3) is 0.353. The van der Waals surface area contributed by atoms with E-state index in [4.69, 9.17) is 17.0 Å². The molecule has 1 fully saturated rings. The Labute approximate surface area is 164 Å². The predicted molar refractivity (Wildman–Crippen MR) is 104 cm³/mol. The summed E-state index contributed by atoms with van der Waals surface area (Å²) in [7, 11) is 1.60. The minimum atomic E-state index is -1.04. The molecule has 1 aliphatic rings. The van der Waals surface area contributed by atoms with Crippen LogP contribution < -0.4 is 9.84 Å². The molecule has 0 saturated carbocycles. The van der Waals surface area contributed by atoms with Crippen molar-refractivity contribution in [1.29, 1.82) is 0 Å². The van der Waals surface area contributed by atoms with Gasteiger partial charge in [-0.1, -0.05) is 36.5 Å². The fourth-order valence-corrected chi connectivity index (χ4v) is 4.20. The van der Waals surface area contributed by atoms with Gasteiger partial charge in [0.15, 0.2) is 0 Å². The van der Waals surface area contributed by atoms with Crippen LogP contribution in [0.1, 0.15) is 31.2 Å². The maximum absolute atomic E-state index is 12.5. The number of carboxylic acid groups (broad SMARTS) is 1. The van der Waals surface area contributed by atoms with E-state index in [2.05, 4.69) is 15.9 Å². The monoisotopic (exact) mass is 442 g/mol. The van der Waals surface area contributed by atoms with Crippen LogP contribution in [0.5, 0.6) is 5.75 Å². The van der Waals surface area contributed by atoms with E-state index in [1.54, 1.807) is 18.1 Å². The molecular formula is C17H17BrNO4S2-. The summed E-state index contributed by atoms with van der Waals surface area (Å²) in [6.45, 7) is 0.501. The van der Waals surface area contributed by atoms with Crippen LogP contribution in [0.25, 0.3) is 6.08 Å². The molecule has 0 radical (unpaired) electrons. The van der Waals surface area contributed by atoms with Crippen molar-refractivity contribution >= 4 is 62.2 Å². The molecule has 0 spiro atoms. The molecule has 1 saturated heterocycles. The van der Waals surface area contributed by atoms with Crippen molar-refractivity contribution in [3.8, 4) is 5.75 Å². The number of halogens is 1. The van der Waals surface area contributed by atoms with Gasteiger partial charge in [-0.2, -0.15) is 0 Å². The normalized spacial score (nSPS) is 15.9. The van der Waals surface area contributed by atoms with Crippen LogP contribution in [-0.4, -0.2) is 34.8 Å². The number of hydrogen-bond acceptors (Lipinski definition) is 6. The summed E-state index contributed by atoms with van der Waals surface area (Å²) in [4.78, 5) is 25.0. The largest absolute Gasteiger partial charge is 0.550 e. The van der Waals surface area contributed by atoms with Crippen molar-refractivity contribution in [2.75, 3.05) is 13.7 Å². The van der Waals surface area contributed by atoms with Crippen LogP contribution >= 0.6 is 39.9 Å². The highest BCUT2D eigenvalue weighted by molar-refractivity contribution is 9.10. The van der Waals surface area contributed by atoms with Gasteiger partial charge in [-0.05, 0) is 59.0 Å². The van der Waals surface area contributed by atoms with Crippen LogP contribution in [0.4, 0.5) is 0 Å². The minimum Gasteiger partial charge on any atom is -0.550 e. The summed E-state index contributed by atoms with van der Waals surface area (Å²) >= 11 is 10.00. The minimum absolute atomic E-state index is 0.0463. The highest BCUT2D eigenvalue weighted by Gasteiger charge is 2.31. The Morgan fingerprint density at radius 1 is 1.40 bits per heavy atom. The van der Waals surface area contributed by atoms with E-state index in [0.717, 1.165) is 22.2 Å². The van der Waals surface area contributed by atoms with Gasteiger partial charge in [0, 0.05) is 12.5 Å². The van der Waals surface area contributed by atoms with Crippen LogP contribution in [-0.2, 0) is 9.59 Å². The first-order valence-corrected chi connectivity index (χ1v) is 9.73. The number of carbonyl (C=O) groups excluding carboxylic acids is 2. The Hall–Kier alpha value is -1.38. The van der Waals surface area contributed by atoms with Gasteiger partial charge < -0.3 is 14.6 Å². The number of aliphatic carboxylic acids is 1. The third-order valence-corrected chi connectivity index (χ3v) is 5.61. The van der Waals surface area contributed by atoms with Crippen LogP contribution in [0.15, 0.2) is 27.6 Å². The number of unbranched alkanes of at least 4 members (excludes halogenated alkanes) is 2. The SMILES string of the molecule is COc1ccc(/C=C2/SC(=S)N(CCCCCC(=O)[O-])C2=O)cc1Br. The smallest absolute Gasteiger partial charge is 0.266 e. The van der Waals surface area contributed by atoms with E-state index in [1.165, 1.54) is 11.8 Å². The average Bonchev–Trinajstić information content (AvgIpc) is 2.81. The summed E-state index contributed by atoms with van der Waals surface area (Å²) in [6.07, 6.45) is 3.83. The van der Waals surface area contributed by atoms with Crippen molar-refractivity contribution in [3.63, 3.8) is 0 Å². The Bertz CT molecular complexity index is 721. The average molecular weight is 443 g/mol. The predicted octanol–water partition coefficient (Wildman–Crippen LogP) is 2.97. The molecule has 2 rings (SSSR count). The number of hydrogen-bond donors (Lipinski definition) is 0. The van der Waals surface area contributed by atoms with Gasteiger partial charge in [0.1, 0.15) is 10.1 Å². The fourth-order valence-electron chi connectivity index (χ4n) is 2.33. The van der Waals surface area contributed by atoms with Crippen LogP contribution in [0, 0.1) is 0 Å². The summed E-state index contributed by atoms with van der Waals surface area (Å²) < 4.78 is 6.54. The highest BCUT2D eigenvalue weighted by Crippen LogP contribution is 2.34. The molecule has 0 unspecified atom stereocenters. The zero-order valence-corrected chi connectivity index (χ0v) is 16.8. The third-order valence-electron chi connectivity index (χ3n) is 3.61. The first-order chi connectivity index (χ1) is 11.9. The number of benzene rings is 1. The van der Waals surface area contributed by atoms with E-state index in [-0.39, 0.29) is 12.3 Å². The molecule has 0 aliphatic carbocycles. The number of thioether (sulfide) groups is 1. The molecule has 1 aliphatic heterocycles. The second-order valence-electron chi connectivity index (χ2n) is 5.41. The number of ether oxygens (including phenoxy) is 1. The molecule has 0 N–H and O–H groups in total. The van der Waals surface area contributed by atoms with E-state index in [1.807, 2.05) is 18.2 Å². The second-order valence-corrected chi connectivity index (χ2v) is 7.94. The third kappa shape index (κ3) is 5.55. The van der Waals surface area contributed by atoms with Gasteiger partial charge in [-0.3, -0.25) is 9.69 Å². The topological polar surface area (TPSA) is 69.7 Å². The molecule has 0 aromatic heterocycles. The van der Waals surface area contributed by atoms with Crippen LogP contribution in [0.3, 0.4) is 0 Å². The number of carboxylic acids is 1. The van der Waals surface area contributed by atoms with Gasteiger partial charge in [-0.15, -0.1) is 0 Å². The number of methoxy groups -OCH3 is 1. The van der Waals surface area contributed by atoms with Crippen molar-refractivity contribution in [1.82, 2.24) is 4.90 Å². The van der Waals surface area contributed by atoms with E-state index < -0.39 is 5.97 Å². The van der Waals surface area contributed by atoms with E-state index in [9.17, 15) is 14.7 Å². The lowest BCUT2D eigenvalue weighted by Gasteiger charge is -2.14. The molecule has 1 aromatic carbocycles. The van der Waals surface area contributed by atoms with E-state index >= 15 is 0 Å². The number of nitrogens with zero attached hydrogens (tertiary/aromatic N) is 1. The molecule has 1 heterocycles. The number of thiocarbonyl (C=S) groups is 1. The lowest BCUT2D eigenvalue weighted by Crippen LogP contribution is -2.29. The zero-order valence-electron chi connectivity index (χ0n) is 13.6. The summed E-state index contributed by atoms with van der Waals surface area (Å²) in [5.74, 6) is -0.428. The Morgan fingerprint density at radius 3 is 2.80 bits per heavy atom. The molecule has 1 amide bonds. The van der Waals surface area contributed by atoms with Crippen molar-refractivity contribution in [2.45, 2.75) is 25.7 Å². The molecule has 5 nitrogen and oxygen atoms in total. The van der Waals surface area contributed by atoms with Crippen molar-refractivity contribution < 1.29 is 19.4 Å². The zero-order chi connectivity index (χ0) is 18.4. The molecule has 8 heteroatoms. The van der Waals surface area contributed by atoms with Gasteiger partial charge >= 0.3 is 0 Å². The Balaban J connectivity index is 1.97. The summed E-state index contributed by atoms with van der Waals surface area (Å²) in [5.41, 5.74) is 0.877. The van der Waals surface area contributed by atoms with Gasteiger partial charge in [0.05, 0.1) is 16.5 Å². The van der Waals surface area contributed by atoms with Gasteiger partial charge in [0.2, 0.25) is 0 Å². The Morgan fingerprint density at radius 2 is 2.16 bits per heavy atom. The highest BCUT2D eigenvalue weighted by atomic mass is 79.9. The summed E-state index contributed by atoms with van der Waals surface area (Å²) in [5, 5.41) is 10.4. The molecule has 1 aromatic rings. The van der Waals surface area contributed by atoms with Crippen molar-refractivity contribution in [3.05, 3.63) is 33.1 Å². The maximum Gasteiger partial charge on any atom is 0.266 e. The maximum atomic E-state index is 12.5. The van der Waals surface area contributed by atoms with Gasteiger partial charge in [-0.25, -0.2) is 0 Å². The number of amides is 1. The van der Waals surface area contributed by atoms with Crippen LogP contribution in [0.2, 0.25) is 0 Å². The molecule has 134 valence electrons. The number of rotatable bonds is 8. The van der Waals surface area contributed by atoms with Crippen molar-refractivity contribution in [2.24, 2.45) is 0 Å². The lowest BCUT2D eigenvalue weighted by molar-refractivity contribution is -0.305. The molecule has 25 heavy (non-hydrogen) atoms. The first kappa shape index (κ1) is 19.9. The first-order valence-electron chi connectivity index (χ1n) is 7.71. The summed E-state index contributed by atoms with van der Waals surface area (Å²) in [6, 6.07) is 5.58. The Kier molecular flexibility index (Phi) is 7.46. The van der Waals surface area contributed by atoms with Gasteiger partial charge in [0.25, 0.3) is 5.91 Å². The quantitative estimate of drug-likeness (QED) is 0.350. The number of carbonyl (C=O) groups is 2. The molecular weight excluding hydrogens is 426 g/mol. The molecule has 0 atom stereocenters. The second kappa shape index (κ2) is 9.35.